The average molecular weight is 263 g/mol. The molecule has 0 saturated heterocycles. The van der Waals surface area contributed by atoms with E-state index in [4.69, 9.17) is 4.74 Å². The molecule has 0 heterocycles. The third kappa shape index (κ3) is 1.91. The minimum atomic E-state index is -0.888. The fourth-order valence-electron chi connectivity index (χ4n) is 1.40. The number of aliphatic hydroxyl groups is 1. The maximum Gasteiger partial charge on any atom is 0.146 e. The summed E-state index contributed by atoms with van der Waals surface area (Å²) in [6.07, 6.45) is -0.888. The van der Waals surface area contributed by atoms with Crippen LogP contribution in [0.5, 0.6) is 5.75 Å². The van der Waals surface area contributed by atoms with Gasteiger partial charge in [0.15, 0.2) is 0 Å². The van der Waals surface area contributed by atoms with Crippen LogP contribution in [0.25, 0.3) is 0 Å². The van der Waals surface area contributed by atoms with Gasteiger partial charge in [-0.15, -0.1) is 0 Å². The molecule has 0 aliphatic rings. The molecular formula is C10H12BrFO2. The largest absolute Gasteiger partial charge is 0.496 e. The Morgan fingerprint density at radius 1 is 1.57 bits per heavy atom. The lowest BCUT2D eigenvalue weighted by molar-refractivity contribution is 0.188. The first kappa shape index (κ1) is 11.5. The smallest absolute Gasteiger partial charge is 0.146 e. The highest BCUT2D eigenvalue weighted by Gasteiger charge is 2.19. The molecule has 1 aromatic carbocycles. The fraction of sp³-hybridized carbons (Fsp3) is 0.400. The van der Waals surface area contributed by atoms with E-state index >= 15 is 0 Å². The van der Waals surface area contributed by atoms with Crippen molar-refractivity contribution in [2.75, 3.05) is 7.11 Å². The van der Waals surface area contributed by atoms with Crippen molar-refractivity contribution in [1.29, 1.82) is 0 Å². The number of ether oxygens (including phenoxy) is 1. The molecule has 0 spiro atoms. The Morgan fingerprint density at radius 2 is 2.14 bits per heavy atom. The first-order valence-corrected chi connectivity index (χ1v) is 4.98. The number of methoxy groups -OCH3 is 1. The van der Waals surface area contributed by atoms with Gasteiger partial charge < -0.3 is 9.84 Å². The highest BCUT2D eigenvalue weighted by molar-refractivity contribution is 9.10. The Kier molecular flexibility index (Phi) is 3.50. The Morgan fingerprint density at radius 3 is 2.57 bits per heavy atom. The van der Waals surface area contributed by atoms with Crippen LogP contribution in [0.1, 0.15) is 24.2 Å². The molecule has 1 N–H and O–H groups in total. The Labute approximate surface area is 90.8 Å². The summed E-state index contributed by atoms with van der Waals surface area (Å²) in [5, 5.41) is 9.42. The van der Waals surface area contributed by atoms with Crippen LogP contribution in [0, 0.1) is 12.7 Å². The molecule has 0 radical (unpaired) electrons. The third-order valence-corrected chi connectivity index (χ3v) is 2.59. The van der Waals surface area contributed by atoms with Gasteiger partial charge in [-0.2, -0.15) is 0 Å². The van der Waals surface area contributed by atoms with Crippen molar-refractivity contribution in [2.24, 2.45) is 0 Å². The van der Waals surface area contributed by atoms with E-state index in [0.29, 0.717) is 10.2 Å². The van der Waals surface area contributed by atoms with E-state index in [9.17, 15) is 9.50 Å². The van der Waals surface area contributed by atoms with Crippen LogP contribution in [0.4, 0.5) is 4.39 Å². The number of rotatable bonds is 2. The predicted molar refractivity (Wildman–Crippen MR) is 56.0 cm³/mol. The van der Waals surface area contributed by atoms with Gasteiger partial charge >= 0.3 is 0 Å². The van der Waals surface area contributed by atoms with Gasteiger partial charge in [0.2, 0.25) is 0 Å². The lowest BCUT2D eigenvalue weighted by Gasteiger charge is -2.15. The molecule has 0 amide bonds. The third-order valence-electron chi connectivity index (χ3n) is 2.01. The van der Waals surface area contributed by atoms with Crippen molar-refractivity contribution in [3.05, 3.63) is 27.5 Å². The Bertz CT molecular complexity index is 350. The molecular weight excluding hydrogens is 251 g/mol. The van der Waals surface area contributed by atoms with E-state index in [1.54, 1.807) is 13.0 Å². The van der Waals surface area contributed by atoms with Crippen molar-refractivity contribution in [2.45, 2.75) is 20.0 Å². The zero-order valence-corrected chi connectivity index (χ0v) is 9.85. The summed E-state index contributed by atoms with van der Waals surface area (Å²) in [7, 11) is 1.46. The summed E-state index contributed by atoms with van der Waals surface area (Å²) in [6.45, 7) is 3.31. The quantitative estimate of drug-likeness (QED) is 0.888. The molecule has 2 nitrogen and oxygen atoms in total. The topological polar surface area (TPSA) is 29.5 Å². The van der Waals surface area contributed by atoms with Crippen LogP contribution >= 0.6 is 15.9 Å². The average Bonchev–Trinajstić information content (AvgIpc) is 2.10. The summed E-state index contributed by atoms with van der Waals surface area (Å²) in [5.74, 6) is -0.0665. The summed E-state index contributed by atoms with van der Waals surface area (Å²) in [4.78, 5) is 0. The predicted octanol–water partition coefficient (Wildman–Crippen LogP) is 2.96. The second-order valence-corrected chi connectivity index (χ2v) is 3.97. The minimum Gasteiger partial charge on any atom is -0.496 e. The molecule has 1 unspecified atom stereocenters. The summed E-state index contributed by atoms with van der Waals surface area (Å²) < 4.78 is 19.0. The number of hydrogen-bond donors (Lipinski definition) is 1. The van der Waals surface area contributed by atoms with E-state index in [1.165, 1.54) is 14.0 Å². The number of hydrogen-bond acceptors (Lipinski definition) is 2. The molecule has 0 aliphatic carbocycles. The van der Waals surface area contributed by atoms with Gasteiger partial charge in [0, 0.05) is 0 Å². The van der Waals surface area contributed by atoms with E-state index < -0.39 is 11.9 Å². The van der Waals surface area contributed by atoms with E-state index in [1.807, 2.05) is 0 Å². The second-order valence-electron chi connectivity index (χ2n) is 3.11. The molecule has 4 heteroatoms. The number of halogens is 2. The molecule has 0 fully saturated rings. The van der Waals surface area contributed by atoms with Crippen molar-refractivity contribution < 1.29 is 14.2 Å². The van der Waals surface area contributed by atoms with Gasteiger partial charge in [-0.25, -0.2) is 4.39 Å². The second kappa shape index (κ2) is 4.28. The summed E-state index contributed by atoms with van der Waals surface area (Å²) >= 11 is 3.09. The Hall–Kier alpha value is -0.610. The maximum atomic E-state index is 13.6. The van der Waals surface area contributed by atoms with Gasteiger partial charge in [-0.05, 0) is 41.4 Å². The number of aryl methyl sites for hydroxylation is 1. The van der Waals surface area contributed by atoms with E-state index in [-0.39, 0.29) is 5.56 Å². The lowest BCUT2D eigenvalue weighted by Crippen LogP contribution is -2.03. The van der Waals surface area contributed by atoms with Crippen LogP contribution < -0.4 is 4.74 Å². The Balaban J connectivity index is 3.48. The fourth-order valence-corrected chi connectivity index (χ4v) is 1.96. The molecule has 1 rings (SSSR count). The van der Waals surface area contributed by atoms with Crippen molar-refractivity contribution in [1.82, 2.24) is 0 Å². The summed E-state index contributed by atoms with van der Waals surface area (Å²) in [5.41, 5.74) is 0.982. The van der Waals surface area contributed by atoms with Gasteiger partial charge in [0.25, 0.3) is 0 Å². The number of benzene rings is 1. The minimum absolute atomic E-state index is 0.194. The summed E-state index contributed by atoms with van der Waals surface area (Å²) in [6, 6.07) is 1.63. The molecule has 78 valence electrons. The van der Waals surface area contributed by atoms with Crippen molar-refractivity contribution in [3.8, 4) is 5.75 Å². The zero-order valence-electron chi connectivity index (χ0n) is 8.27. The van der Waals surface area contributed by atoms with Gasteiger partial charge in [0.05, 0.1) is 23.2 Å². The van der Waals surface area contributed by atoms with Gasteiger partial charge in [-0.1, -0.05) is 0 Å². The van der Waals surface area contributed by atoms with Crippen LogP contribution in [0.3, 0.4) is 0 Å². The highest BCUT2D eigenvalue weighted by atomic mass is 79.9. The van der Waals surface area contributed by atoms with E-state index in [0.717, 1.165) is 5.56 Å². The molecule has 1 atom stereocenters. The first-order chi connectivity index (χ1) is 6.49. The van der Waals surface area contributed by atoms with Crippen LogP contribution in [0.15, 0.2) is 10.5 Å². The van der Waals surface area contributed by atoms with E-state index in [2.05, 4.69) is 15.9 Å². The van der Waals surface area contributed by atoms with Crippen LogP contribution in [-0.2, 0) is 0 Å². The van der Waals surface area contributed by atoms with Gasteiger partial charge in [0.1, 0.15) is 11.6 Å². The zero-order chi connectivity index (χ0) is 10.9. The number of aliphatic hydroxyl groups excluding tert-OH is 1. The molecule has 0 aromatic heterocycles. The standard InChI is InChI=1S/C10H12BrFO2/c1-5-4-7(11)9(12)8(6(2)13)10(5)14-3/h4,6,13H,1-3H3. The van der Waals surface area contributed by atoms with Gasteiger partial charge in [-0.3, -0.25) is 0 Å². The molecule has 1 aromatic rings. The molecule has 14 heavy (non-hydrogen) atoms. The first-order valence-electron chi connectivity index (χ1n) is 4.19. The van der Waals surface area contributed by atoms with Crippen LogP contribution in [-0.4, -0.2) is 12.2 Å². The van der Waals surface area contributed by atoms with Crippen LogP contribution in [0.2, 0.25) is 0 Å². The molecule has 0 saturated carbocycles. The SMILES string of the molecule is COc1c(C)cc(Br)c(F)c1C(C)O. The maximum absolute atomic E-state index is 13.6. The van der Waals surface area contributed by atoms with Crippen molar-refractivity contribution in [3.63, 3.8) is 0 Å². The van der Waals surface area contributed by atoms with Crippen molar-refractivity contribution >= 4 is 15.9 Å². The highest BCUT2D eigenvalue weighted by Crippen LogP contribution is 2.35. The molecule has 0 bridgehead atoms. The lowest BCUT2D eigenvalue weighted by atomic mass is 10.0. The molecule has 0 aliphatic heterocycles. The monoisotopic (exact) mass is 262 g/mol. The normalized spacial score (nSPS) is 12.7.